The van der Waals surface area contributed by atoms with Crippen molar-refractivity contribution in [1.82, 2.24) is 0 Å². The van der Waals surface area contributed by atoms with Crippen LogP contribution in [0.5, 0.6) is 0 Å². The van der Waals surface area contributed by atoms with Gasteiger partial charge in [0.25, 0.3) is 0 Å². The number of esters is 1. The van der Waals surface area contributed by atoms with Crippen LogP contribution in [0.4, 0.5) is 4.39 Å². The third-order valence-corrected chi connectivity index (χ3v) is 4.55. The van der Waals surface area contributed by atoms with Crippen LogP contribution in [-0.4, -0.2) is 27.2 Å². The summed E-state index contributed by atoms with van der Waals surface area (Å²) in [6.07, 6.45) is 0. The number of rotatable bonds is 5. The highest BCUT2D eigenvalue weighted by molar-refractivity contribution is 7.90. The Labute approximate surface area is 112 Å². The van der Waals surface area contributed by atoms with Gasteiger partial charge in [0.2, 0.25) is 0 Å². The van der Waals surface area contributed by atoms with E-state index in [0.717, 1.165) is 0 Å². The molecule has 19 heavy (non-hydrogen) atoms. The molecule has 1 unspecified atom stereocenters. The molecule has 4 nitrogen and oxygen atoms in total. The van der Waals surface area contributed by atoms with Crippen molar-refractivity contribution in [2.45, 2.75) is 19.6 Å². The maximum absolute atomic E-state index is 13.1. The summed E-state index contributed by atoms with van der Waals surface area (Å²) >= 11 is 0. The Morgan fingerprint density at radius 3 is 2.63 bits per heavy atom. The van der Waals surface area contributed by atoms with E-state index in [4.69, 9.17) is 0 Å². The summed E-state index contributed by atoms with van der Waals surface area (Å²) < 4.78 is 41.5. The summed E-state index contributed by atoms with van der Waals surface area (Å²) in [5, 5.41) is 0. The van der Waals surface area contributed by atoms with E-state index in [1.165, 1.54) is 32.2 Å². The lowest BCUT2D eigenvalue weighted by atomic mass is 10.1. The maximum atomic E-state index is 13.1. The largest absolute Gasteiger partial charge is 0.469 e. The minimum absolute atomic E-state index is 0.280. The van der Waals surface area contributed by atoms with Crippen LogP contribution in [0.2, 0.25) is 0 Å². The van der Waals surface area contributed by atoms with Crippen molar-refractivity contribution in [2.75, 3.05) is 12.9 Å². The highest BCUT2D eigenvalue weighted by Crippen LogP contribution is 2.16. The van der Waals surface area contributed by atoms with Crippen molar-refractivity contribution in [3.8, 4) is 0 Å². The summed E-state index contributed by atoms with van der Waals surface area (Å²) in [5.41, 5.74) is 1.12. The summed E-state index contributed by atoms with van der Waals surface area (Å²) in [4.78, 5) is 11.2. The van der Waals surface area contributed by atoms with Gasteiger partial charge in [-0.15, -0.1) is 0 Å². The van der Waals surface area contributed by atoms with Gasteiger partial charge in [0.15, 0.2) is 9.84 Å². The topological polar surface area (TPSA) is 60.4 Å². The number of carbonyl (C=O) groups is 1. The zero-order valence-corrected chi connectivity index (χ0v) is 12.0. The zero-order chi connectivity index (χ0) is 14.6. The number of ether oxygens (including phenoxy) is 1. The Bertz CT molecular complexity index is 566. The molecular formula is C13H17FO4S. The molecule has 1 aromatic carbocycles. The van der Waals surface area contributed by atoms with Crippen molar-refractivity contribution in [3.63, 3.8) is 0 Å². The normalized spacial score (nSPS) is 13.1. The number of hydrogen-bond donors (Lipinski definition) is 0. The lowest BCUT2D eigenvalue weighted by Crippen LogP contribution is -2.23. The van der Waals surface area contributed by atoms with Crippen LogP contribution in [0.25, 0.3) is 0 Å². The Kier molecular flexibility index (Phi) is 5.05. The molecule has 0 radical (unpaired) electrons. The average Bonchev–Trinajstić information content (AvgIpc) is 2.31. The summed E-state index contributed by atoms with van der Waals surface area (Å²) in [7, 11) is -2.29. The quantitative estimate of drug-likeness (QED) is 0.776. The standard InChI is InChI=1S/C13H17FO4S/c1-9-4-5-12(14)6-11(9)8-19(16,17)7-10(2)13(15)18-3/h4-6,10H,7-8H2,1-3H3. The molecule has 1 atom stereocenters. The van der Waals surface area contributed by atoms with Crippen molar-refractivity contribution >= 4 is 15.8 Å². The lowest BCUT2D eigenvalue weighted by molar-refractivity contribution is -0.144. The highest BCUT2D eigenvalue weighted by Gasteiger charge is 2.23. The van der Waals surface area contributed by atoms with Crippen LogP contribution >= 0.6 is 0 Å². The minimum atomic E-state index is -3.50. The van der Waals surface area contributed by atoms with Crippen LogP contribution in [0.15, 0.2) is 18.2 Å². The predicted octanol–water partition coefficient (Wildman–Crippen LogP) is 1.86. The first-order chi connectivity index (χ1) is 8.75. The molecule has 0 fully saturated rings. The molecule has 0 aliphatic carbocycles. The second-order valence-electron chi connectivity index (χ2n) is 4.55. The first kappa shape index (κ1) is 15.6. The predicted molar refractivity (Wildman–Crippen MR) is 69.8 cm³/mol. The van der Waals surface area contributed by atoms with Gasteiger partial charge in [-0.1, -0.05) is 13.0 Å². The summed E-state index contributed by atoms with van der Waals surface area (Å²) in [5.74, 6) is -2.37. The Morgan fingerprint density at radius 1 is 1.42 bits per heavy atom. The van der Waals surface area contributed by atoms with Crippen molar-refractivity contribution in [2.24, 2.45) is 5.92 Å². The third-order valence-electron chi connectivity index (χ3n) is 2.79. The van der Waals surface area contributed by atoms with Gasteiger partial charge in [0, 0.05) is 0 Å². The molecule has 0 saturated carbocycles. The van der Waals surface area contributed by atoms with E-state index in [9.17, 15) is 17.6 Å². The molecule has 106 valence electrons. The van der Waals surface area contributed by atoms with E-state index in [2.05, 4.69) is 4.74 Å². The number of methoxy groups -OCH3 is 1. The molecule has 0 heterocycles. The molecule has 0 aliphatic heterocycles. The lowest BCUT2D eigenvalue weighted by Gasteiger charge is -2.11. The molecule has 0 saturated heterocycles. The summed E-state index contributed by atoms with van der Waals surface area (Å²) in [6, 6.07) is 4.02. The van der Waals surface area contributed by atoms with E-state index in [1.807, 2.05) is 0 Å². The number of sulfone groups is 1. The molecule has 0 aromatic heterocycles. The van der Waals surface area contributed by atoms with Gasteiger partial charge in [0.05, 0.1) is 24.5 Å². The number of aryl methyl sites for hydroxylation is 1. The van der Waals surface area contributed by atoms with E-state index >= 15 is 0 Å². The molecule has 0 spiro atoms. The smallest absolute Gasteiger partial charge is 0.309 e. The Morgan fingerprint density at radius 2 is 2.05 bits per heavy atom. The van der Waals surface area contributed by atoms with E-state index in [1.54, 1.807) is 6.92 Å². The van der Waals surface area contributed by atoms with Crippen LogP contribution in [0, 0.1) is 18.7 Å². The molecule has 6 heteroatoms. The van der Waals surface area contributed by atoms with Crippen molar-refractivity contribution in [1.29, 1.82) is 0 Å². The van der Waals surface area contributed by atoms with Gasteiger partial charge in [-0.2, -0.15) is 0 Å². The van der Waals surface area contributed by atoms with Crippen molar-refractivity contribution < 1.29 is 22.3 Å². The highest BCUT2D eigenvalue weighted by atomic mass is 32.2. The van der Waals surface area contributed by atoms with Gasteiger partial charge >= 0.3 is 5.97 Å². The van der Waals surface area contributed by atoms with E-state index < -0.39 is 27.5 Å². The van der Waals surface area contributed by atoms with Gasteiger partial charge in [-0.3, -0.25) is 4.79 Å². The molecular weight excluding hydrogens is 271 g/mol. The maximum Gasteiger partial charge on any atom is 0.309 e. The average molecular weight is 288 g/mol. The van der Waals surface area contributed by atoms with Crippen LogP contribution < -0.4 is 0 Å². The molecule has 0 amide bonds. The summed E-state index contributed by atoms with van der Waals surface area (Å²) in [6.45, 7) is 3.20. The molecule has 0 N–H and O–H groups in total. The van der Waals surface area contributed by atoms with E-state index in [0.29, 0.717) is 11.1 Å². The number of benzene rings is 1. The Balaban J connectivity index is 2.85. The van der Waals surface area contributed by atoms with Gasteiger partial charge in [-0.05, 0) is 30.2 Å². The second kappa shape index (κ2) is 6.14. The fourth-order valence-corrected chi connectivity index (χ4v) is 3.54. The number of halogens is 1. The van der Waals surface area contributed by atoms with Gasteiger partial charge < -0.3 is 4.74 Å². The fraction of sp³-hybridized carbons (Fsp3) is 0.462. The number of hydrogen-bond acceptors (Lipinski definition) is 4. The molecule has 1 rings (SSSR count). The molecule has 1 aromatic rings. The number of carbonyl (C=O) groups excluding carboxylic acids is 1. The fourth-order valence-electron chi connectivity index (χ4n) is 1.74. The van der Waals surface area contributed by atoms with Crippen LogP contribution in [0.1, 0.15) is 18.1 Å². The van der Waals surface area contributed by atoms with Crippen LogP contribution in [0.3, 0.4) is 0 Å². The monoisotopic (exact) mass is 288 g/mol. The SMILES string of the molecule is COC(=O)C(C)CS(=O)(=O)Cc1cc(F)ccc1C. The zero-order valence-electron chi connectivity index (χ0n) is 11.1. The van der Waals surface area contributed by atoms with Crippen LogP contribution in [-0.2, 0) is 25.1 Å². The van der Waals surface area contributed by atoms with E-state index in [-0.39, 0.29) is 11.5 Å². The molecule has 0 aliphatic rings. The Hall–Kier alpha value is -1.43. The van der Waals surface area contributed by atoms with Gasteiger partial charge in [-0.25, -0.2) is 12.8 Å². The third kappa shape index (κ3) is 4.63. The first-order valence-corrected chi connectivity index (χ1v) is 7.60. The van der Waals surface area contributed by atoms with Gasteiger partial charge in [0.1, 0.15) is 5.82 Å². The first-order valence-electron chi connectivity index (χ1n) is 5.78. The molecule has 0 bridgehead atoms. The van der Waals surface area contributed by atoms with Crippen molar-refractivity contribution in [3.05, 3.63) is 35.1 Å². The second-order valence-corrected chi connectivity index (χ2v) is 6.66. The minimum Gasteiger partial charge on any atom is -0.469 e.